The summed E-state index contributed by atoms with van der Waals surface area (Å²) in [6, 6.07) is 8.57. The second kappa shape index (κ2) is 8.86. The number of amides is 1. The molecule has 5 heteroatoms. The predicted octanol–water partition coefficient (Wildman–Crippen LogP) is 4.80. The summed E-state index contributed by atoms with van der Waals surface area (Å²) in [7, 11) is 0. The van der Waals surface area contributed by atoms with E-state index in [-0.39, 0.29) is 12.1 Å². The van der Waals surface area contributed by atoms with Crippen molar-refractivity contribution in [2.45, 2.75) is 58.1 Å². The number of hydrogen-bond donors (Lipinski definition) is 0. The molecular formula is C19H28BrNO3. The largest absolute Gasteiger partial charge is 0.444 e. The minimum atomic E-state index is -0.466. The predicted molar refractivity (Wildman–Crippen MR) is 99.2 cm³/mol. The fraction of sp³-hybridized carbons (Fsp3) is 0.632. The summed E-state index contributed by atoms with van der Waals surface area (Å²) >= 11 is 3.45. The number of ether oxygens (including phenoxy) is 2. The van der Waals surface area contributed by atoms with Crippen LogP contribution in [-0.2, 0) is 15.9 Å². The van der Waals surface area contributed by atoms with E-state index in [1.165, 1.54) is 5.56 Å². The molecule has 0 saturated carbocycles. The van der Waals surface area contributed by atoms with Gasteiger partial charge in [0.15, 0.2) is 0 Å². The summed E-state index contributed by atoms with van der Waals surface area (Å²) in [6.07, 6.45) is 3.45. The van der Waals surface area contributed by atoms with E-state index in [1.54, 1.807) is 0 Å². The van der Waals surface area contributed by atoms with Crippen molar-refractivity contribution in [2.24, 2.45) is 0 Å². The highest BCUT2D eigenvalue weighted by molar-refractivity contribution is 9.10. The molecule has 0 N–H and O–H groups in total. The Morgan fingerprint density at radius 1 is 1.25 bits per heavy atom. The van der Waals surface area contributed by atoms with Gasteiger partial charge in [0.1, 0.15) is 5.60 Å². The van der Waals surface area contributed by atoms with Gasteiger partial charge in [-0.25, -0.2) is 4.79 Å². The zero-order chi connectivity index (χ0) is 17.6. The standard InChI is InChI=1S/C19H28BrNO3/c1-19(2,3)24-18(22)21(17-10-13-23-14-11-17)12-4-5-15-6-8-16(20)9-7-15/h6-9,17H,4-5,10-14H2,1-3H3. The van der Waals surface area contributed by atoms with Gasteiger partial charge in [-0.05, 0) is 64.2 Å². The molecule has 1 saturated heterocycles. The van der Waals surface area contributed by atoms with Crippen LogP contribution < -0.4 is 0 Å². The first-order chi connectivity index (χ1) is 11.3. The molecule has 0 spiro atoms. The molecule has 1 amide bonds. The van der Waals surface area contributed by atoms with E-state index in [9.17, 15) is 4.79 Å². The van der Waals surface area contributed by atoms with Gasteiger partial charge >= 0.3 is 6.09 Å². The maximum atomic E-state index is 12.6. The quantitative estimate of drug-likeness (QED) is 0.715. The van der Waals surface area contributed by atoms with Crippen LogP contribution in [-0.4, -0.2) is 42.4 Å². The Bertz CT molecular complexity index is 518. The molecule has 1 aliphatic rings. The van der Waals surface area contributed by atoms with Crippen molar-refractivity contribution in [3.8, 4) is 0 Å². The summed E-state index contributed by atoms with van der Waals surface area (Å²) in [5.41, 5.74) is 0.820. The van der Waals surface area contributed by atoms with Gasteiger partial charge in [0.2, 0.25) is 0 Å². The summed E-state index contributed by atoms with van der Waals surface area (Å²) in [5, 5.41) is 0. The van der Waals surface area contributed by atoms with Gasteiger partial charge < -0.3 is 14.4 Å². The minimum absolute atomic E-state index is 0.204. The molecule has 1 aliphatic heterocycles. The highest BCUT2D eigenvalue weighted by atomic mass is 79.9. The monoisotopic (exact) mass is 397 g/mol. The number of halogens is 1. The second-order valence-electron chi connectivity index (χ2n) is 7.25. The molecule has 0 bridgehead atoms. The number of carbonyl (C=O) groups excluding carboxylic acids is 1. The molecule has 1 fully saturated rings. The van der Waals surface area contributed by atoms with Gasteiger partial charge in [-0.15, -0.1) is 0 Å². The van der Waals surface area contributed by atoms with Crippen molar-refractivity contribution < 1.29 is 14.3 Å². The maximum absolute atomic E-state index is 12.6. The highest BCUT2D eigenvalue weighted by Gasteiger charge is 2.29. The van der Waals surface area contributed by atoms with E-state index in [0.717, 1.165) is 49.9 Å². The first kappa shape index (κ1) is 19.3. The third-order valence-corrected chi connectivity index (χ3v) is 4.57. The number of aryl methyl sites for hydroxylation is 1. The van der Waals surface area contributed by atoms with Gasteiger partial charge in [-0.2, -0.15) is 0 Å². The molecule has 1 heterocycles. The van der Waals surface area contributed by atoms with E-state index in [1.807, 2.05) is 25.7 Å². The van der Waals surface area contributed by atoms with Crippen LogP contribution in [0.15, 0.2) is 28.7 Å². The van der Waals surface area contributed by atoms with Crippen LogP contribution in [0, 0.1) is 0 Å². The summed E-state index contributed by atoms with van der Waals surface area (Å²) in [6.45, 7) is 7.89. The number of hydrogen-bond acceptors (Lipinski definition) is 3. The Balaban J connectivity index is 1.94. The van der Waals surface area contributed by atoms with E-state index in [0.29, 0.717) is 0 Å². The van der Waals surface area contributed by atoms with Crippen LogP contribution in [0.25, 0.3) is 0 Å². The molecule has 0 unspecified atom stereocenters. The third kappa shape index (κ3) is 6.44. The van der Waals surface area contributed by atoms with Gasteiger partial charge in [0.05, 0.1) is 0 Å². The fourth-order valence-electron chi connectivity index (χ4n) is 2.84. The van der Waals surface area contributed by atoms with Gasteiger partial charge in [0.25, 0.3) is 0 Å². The average molecular weight is 398 g/mol. The van der Waals surface area contributed by atoms with Crippen LogP contribution >= 0.6 is 15.9 Å². The Morgan fingerprint density at radius 3 is 2.46 bits per heavy atom. The number of carbonyl (C=O) groups is 1. The third-order valence-electron chi connectivity index (χ3n) is 4.04. The van der Waals surface area contributed by atoms with Crippen molar-refractivity contribution in [2.75, 3.05) is 19.8 Å². The van der Waals surface area contributed by atoms with E-state index in [4.69, 9.17) is 9.47 Å². The lowest BCUT2D eigenvalue weighted by atomic mass is 10.1. The average Bonchev–Trinajstić information content (AvgIpc) is 2.52. The normalized spacial score (nSPS) is 16.0. The van der Waals surface area contributed by atoms with E-state index in [2.05, 4.69) is 40.2 Å². The topological polar surface area (TPSA) is 38.8 Å². The summed E-state index contributed by atoms with van der Waals surface area (Å²) in [4.78, 5) is 14.5. The summed E-state index contributed by atoms with van der Waals surface area (Å²) in [5.74, 6) is 0. The van der Waals surface area contributed by atoms with Crippen molar-refractivity contribution in [3.63, 3.8) is 0 Å². The Labute approximate surface area is 153 Å². The fourth-order valence-corrected chi connectivity index (χ4v) is 3.11. The molecule has 24 heavy (non-hydrogen) atoms. The smallest absolute Gasteiger partial charge is 0.410 e. The summed E-state index contributed by atoms with van der Waals surface area (Å²) < 4.78 is 12.1. The van der Waals surface area contributed by atoms with E-state index < -0.39 is 5.60 Å². The van der Waals surface area contributed by atoms with Gasteiger partial charge in [-0.3, -0.25) is 0 Å². The van der Waals surface area contributed by atoms with Crippen LogP contribution in [0.1, 0.15) is 45.6 Å². The van der Waals surface area contributed by atoms with Gasteiger partial charge in [-0.1, -0.05) is 28.1 Å². The van der Waals surface area contributed by atoms with E-state index >= 15 is 0 Å². The molecule has 0 aromatic heterocycles. The van der Waals surface area contributed by atoms with Crippen molar-refractivity contribution in [1.82, 2.24) is 4.90 Å². The second-order valence-corrected chi connectivity index (χ2v) is 8.16. The lowest BCUT2D eigenvalue weighted by Gasteiger charge is -2.35. The van der Waals surface area contributed by atoms with Crippen molar-refractivity contribution in [3.05, 3.63) is 34.3 Å². The number of benzene rings is 1. The molecule has 4 nitrogen and oxygen atoms in total. The van der Waals surface area contributed by atoms with Crippen LogP contribution in [0.5, 0.6) is 0 Å². The first-order valence-corrected chi connectivity index (χ1v) is 9.46. The van der Waals surface area contributed by atoms with Crippen molar-refractivity contribution in [1.29, 1.82) is 0 Å². The Morgan fingerprint density at radius 2 is 1.88 bits per heavy atom. The first-order valence-electron chi connectivity index (χ1n) is 8.67. The molecule has 0 radical (unpaired) electrons. The Kier molecular flexibility index (Phi) is 7.11. The molecule has 1 aromatic rings. The Hall–Kier alpha value is -1.07. The molecule has 0 aliphatic carbocycles. The van der Waals surface area contributed by atoms with Crippen molar-refractivity contribution >= 4 is 22.0 Å². The van der Waals surface area contributed by atoms with Crippen LogP contribution in [0.2, 0.25) is 0 Å². The molecule has 134 valence electrons. The maximum Gasteiger partial charge on any atom is 0.410 e. The highest BCUT2D eigenvalue weighted by Crippen LogP contribution is 2.20. The molecule has 1 aromatic carbocycles. The molecule has 2 rings (SSSR count). The molecular weight excluding hydrogens is 370 g/mol. The zero-order valence-corrected chi connectivity index (χ0v) is 16.5. The number of nitrogens with zero attached hydrogens (tertiary/aromatic N) is 1. The number of rotatable bonds is 5. The molecule has 0 atom stereocenters. The minimum Gasteiger partial charge on any atom is -0.444 e. The lowest BCUT2D eigenvalue weighted by molar-refractivity contribution is -0.00582. The van der Waals surface area contributed by atoms with Crippen LogP contribution in [0.3, 0.4) is 0 Å². The van der Waals surface area contributed by atoms with Crippen LogP contribution in [0.4, 0.5) is 4.79 Å². The zero-order valence-electron chi connectivity index (χ0n) is 14.9. The lowest BCUT2D eigenvalue weighted by Crippen LogP contribution is -2.46. The van der Waals surface area contributed by atoms with Gasteiger partial charge in [0, 0.05) is 30.3 Å². The SMILES string of the molecule is CC(C)(C)OC(=O)N(CCCc1ccc(Br)cc1)C1CCOCC1.